The van der Waals surface area contributed by atoms with E-state index in [2.05, 4.69) is 0 Å². The number of ether oxygens (including phenoxy) is 1. The second-order valence-corrected chi connectivity index (χ2v) is 11.4. The Kier molecular flexibility index (Phi) is 6.55. The van der Waals surface area contributed by atoms with Crippen molar-refractivity contribution in [2.45, 2.75) is 69.1 Å². The normalized spacial score (nSPS) is 26.4. The number of hydrogen-bond acceptors (Lipinski definition) is 6. The molecule has 1 saturated carbocycles. The summed E-state index contributed by atoms with van der Waals surface area (Å²) >= 11 is 0. The maximum atomic E-state index is 14.6. The predicted octanol–water partition coefficient (Wildman–Crippen LogP) is 5.49. The number of carbonyl (C=O) groups excluding carboxylic acids is 2. The second-order valence-electron chi connectivity index (χ2n) is 11.4. The van der Waals surface area contributed by atoms with Crippen molar-refractivity contribution in [3.63, 3.8) is 0 Å². The minimum absolute atomic E-state index is 0.0275. The monoisotopic (exact) mass is 528 g/mol. The summed E-state index contributed by atoms with van der Waals surface area (Å²) in [6, 6.07) is 21.7. The lowest BCUT2D eigenvalue weighted by Crippen LogP contribution is -2.62. The van der Waals surface area contributed by atoms with Gasteiger partial charge in [0.1, 0.15) is 11.0 Å². The van der Waals surface area contributed by atoms with Crippen LogP contribution < -0.4 is 4.90 Å². The molecule has 0 unspecified atom stereocenters. The summed E-state index contributed by atoms with van der Waals surface area (Å²) in [5, 5.41) is 25.0. The smallest absolute Gasteiger partial charge is 0.421 e. The van der Waals surface area contributed by atoms with Gasteiger partial charge in [0.05, 0.1) is 23.6 Å². The Morgan fingerprint density at radius 3 is 2.23 bits per heavy atom. The maximum absolute atomic E-state index is 14.6. The highest BCUT2D eigenvalue weighted by Crippen LogP contribution is 2.60. The van der Waals surface area contributed by atoms with E-state index in [-0.39, 0.29) is 17.0 Å². The molecular weight excluding hydrogens is 496 g/mol. The Balaban J connectivity index is 1.76. The molecule has 1 spiro atoms. The molecule has 0 bridgehead atoms. The third-order valence-corrected chi connectivity index (χ3v) is 7.88. The second kappa shape index (κ2) is 9.61. The standard InChI is InChI=1S/C31H32N2O6/c1-19-14-16-20(17-15-19)22-18-25(34)31(26(27(22)33(37)38)21-10-6-5-7-11-21)23-12-8-9-13-24(23)32(28(31)35)29(36)39-30(2,3)4/h5-17,22,25-27,34H,18H2,1-4H3/t22-,25+,26-,27+,31+/m0/s1. The van der Waals surface area contributed by atoms with Crippen molar-refractivity contribution in [3.05, 3.63) is 111 Å². The molecule has 0 radical (unpaired) electrons. The number of nitrogens with zero attached hydrogens (tertiary/aromatic N) is 2. The van der Waals surface area contributed by atoms with Crippen LogP contribution in [-0.2, 0) is 14.9 Å². The van der Waals surface area contributed by atoms with E-state index < -0.39 is 47.0 Å². The van der Waals surface area contributed by atoms with E-state index in [1.165, 1.54) is 0 Å². The molecule has 0 aromatic heterocycles. The summed E-state index contributed by atoms with van der Waals surface area (Å²) in [5.74, 6) is -2.44. The van der Waals surface area contributed by atoms with Gasteiger partial charge >= 0.3 is 6.09 Å². The number of anilines is 1. The number of fused-ring (bicyclic) bond motifs is 2. The first kappa shape index (κ1) is 26.6. The maximum Gasteiger partial charge on any atom is 0.421 e. The number of amides is 2. The number of rotatable bonds is 3. The Labute approximate surface area is 227 Å². The molecule has 2 aliphatic rings. The Morgan fingerprint density at radius 2 is 1.62 bits per heavy atom. The van der Waals surface area contributed by atoms with Crippen molar-refractivity contribution in [1.29, 1.82) is 0 Å². The quantitative estimate of drug-likeness (QED) is 0.356. The van der Waals surface area contributed by atoms with Gasteiger partial charge in [-0.05, 0) is 56.9 Å². The number of aliphatic hydroxyl groups excluding tert-OH is 1. The number of hydrogen-bond donors (Lipinski definition) is 1. The molecule has 2 amide bonds. The van der Waals surface area contributed by atoms with Gasteiger partial charge in [0.25, 0.3) is 5.91 Å². The fraction of sp³-hybridized carbons (Fsp3) is 0.355. The summed E-state index contributed by atoms with van der Waals surface area (Å²) in [6.07, 6.45) is -2.22. The summed E-state index contributed by atoms with van der Waals surface area (Å²) in [6.45, 7) is 7.03. The Morgan fingerprint density at radius 1 is 1.00 bits per heavy atom. The van der Waals surface area contributed by atoms with E-state index in [4.69, 9.17) is 4.74 Å². The highest BCUT2D eigenvalue weighted by molar-refractivity contribution is 6.22. The lowest BCUT2D eigenvalue weighted by atomic mass is 9.54. The van der Waals surface area contributed by atoms with Crippen molar-refractivity contribution in [1.82, 2.24) is 0 Å². The molecule has 202 valence electrons. The van der Waals surface area contributed by atoms with E-state index in [0.717, 1.165) is 16.0 Å². The van der Waals surface area contributed by atoms with Crippen LogP contribution in [0.25, 0.3) is 0 Å². The lowest BCUT2D eigenvalue weighted by molar-refractivity contribution is -0.537. The van der Waals surface area contributed by atoms with Crippen molar-refractivity contribution in [2.24, 2.45) is 0 Å². The first-order chi connectivity index (χ1) is 18.5. The van der Waals surface area contributed by atoms with Gasteiger partial charge in [-0.15, -0.1) is 0 Å². The fourth-order valence-electron chi connectivity index (χ4n) is 6.35. The van der Waals surface area contributed by atoms with Crippen LogP contribution in [0.5, 0.6) is 0 Å². The van der Waals surface area contributed by atoms with Gasteiger partial charge in [-0.1, -0.05) is 78.4 Å². The number of imide groups is 1. The largest absolute Gasteiger partial charge is 0.443 e. The number of aryl methyl sites for hydroxylation is 1. The topological polar surface area (TPSA) is 110 Å². The van der Waals surface area contributed by atoms with Gasteiger partial charge in [0, 0.05) is 4.92 Å². The lowest BCUT2D eigenvalue weighted by Gasteiger charge is -2.47. The van der Waals surface area contributed by atoms with Gasteiger partial charge < -0.3 is 9.84 Å². The highest BCUT2D eigenvalue weighted by Gasteiger charge is 2.69. The van der Waals surface area contributed by atoms with Crippen LogP contribution in [0.4, 0.5) is 10.5 Å². The molecule has 1 heterocycles. The van der Waals surface area contributed by atoms with E-state index in [0.29, 0.717) is 11.1 Å². The van der Waals surface area contributed by atoms with Crippen LogP contribution in [-0.4, -0.2) is 39.8 Å². The average Bonchev–Trinajstić information content (AvgIpc) is 3.14. The Hall–Kier alpha value is -4.04. The minimum atomic E-state index is -1.77. The molecule has 1 aliphatic heterocycles. The summed E-state index contributed by atoms with van der Waals surface area (Å²) in [4.78, 5) is 41.6. The minimum Gasteiger partial charge on any atom is -0.443 e. The van der Waals surface area contributed by atoms with Crippen LogP contribution in [0.2, 0.25) is 0 Å². The molecular formula is C31H32N2O6. The molecule has 1 fully saturated rings. The van der Waals surface area contributed by atoms with Crippen molar-refractivity contribution in [2.75, 3.05) is 4.90 Å². The molecule has 3 aromatic rings. The zero-order valence-electron chi connectivity index (χ0n) is 22.4. The number of nitro groups is 1. The van der Waals surface area contributed by atoms with Gasteiger partial charge in [-0.2, -0.15) is 0 Å². The summed E-state index contributed by atoms with van der Waals surface area (Å²) < 4.78 is 5.59. The zero-order valence-corrected chi connectivity index (χ0v) is 22.4. The van der Waals surface area contributed by atoms with Gasteiger partial charge in [0.15, 0.2) is 0 Å². The van der Waals surface area contributed by atoms with E-state index in [1.807, 2.05) is 31.2 Å². The van der Waals surface area contributed by atoms with Crippen molar-refractivity contribution < 1.29 is 24.4 Å². The third-order valence-electron chi connectivity index (χ3n) is 7.88. The molecule has 0 saturated heterocycles. The van der Waals surface area contributed by atoms with Crippen molar-refractivity contribution >= 4 is 17.7 Å². The van der Waals surface area contributed by atoms with E-state index >= 15 is 0 Å². The SMILES string of the molecule is Cc1ccc([C@@H]2C[C@@H](O)[C@@]3(C(=O)N(C(=O)OC(C)(C)C)c4ccccc43)[C@@H](c3ccccc3)[C@@H]2[N+](=O)[O-])cc1. The molecule has 5 rings (SSSR count). The van der Waals surface area contributed by atoms with Crippen LogP contribution in [0.3, 0.4) is 0 Å². The predicted molar refractivity (Wildman–Crippen MR) is 146 cm³/mol. The van der Waals surface area contributed by atoms with E-state index in [9.17, 15) is 24.8 Å². The molecule has 8 heteroatoms. The Bertz CT molecular complexity index is 1410. The molecule has 5 atom stereocenters. The van der Waals surface area contributed by atoms with Gasteiger partial charge in [-0.3, -0.25) is 14.9 Å². The molecule has 3 aromatic carbocycles. The first-order valence-corrected chi connectivity index (χ1v) is 13.1. The van der Waals surface area contributed by atoms with Crippen molar-refractivity contribution in [3.8, 4) is 0 Å². The average molecular weight is 529 g/mol. The van der Waals surface area contributed by atoms with Crippen LogP contribution in [0.15, 0.2) is 78.9 Å². The molecule has 39 heavy (non-hydrogen) atoms. The zero-order chi connectivity index (χ0) is 28.1. The number of benzene rings is 3. The summed E-state index contributed by atoms with van der Waals surface area (Å²) in [7, 11) is 0. The molecule has 8 nitrogen and oxygen atoms in total. The van der Waals surface area contributed by atoms with Gasteiger partial charge in [0.2, 0.25) is 6.04 Å². The number of carbonyl (C=O) groups is 2. The van der Waals surface area contributed by atoms with E-state index in [1.54, 1.807) is 75.4 Å². The summed E-state index contributed by atoms with van der Waals surface area (Å²) in [5.41, 5.74) is 0.282. The van der Waals surface area contributed by atoms with Gasteiger partial charge in [-0.25, -0.2) is 9.69 Å². The number of para-hydroxylation sites is 1. The highest BCUT2D eigenvalue weighted by atomic mass is 16.6. The molecule has 1 N–H and O–H groups in total. The van der Waals surface area contributed by atoms with Crippen LogP contribution in [0.1, 0.15) is 61.3 Å². The fourth-order valence-corrected chi connectivity index (χ4v) is 6.35. The van der Waals surface area contributed by atoms with Crippen LogP contribution >= 0.6 is 0 Å². The third kappa shape index (κ3) is 4.29. The first-order valence-electron chi connectivity index (χ1n) is 13.1. The molecule has 1 aliphatic carbocycles. The van der Waals surface area contributed by atoms with Crippen LogP contribution in [0, 0.1) is 17.0 Å². The number of aliphatic hydroxyl groups is 1.